The first kappa shape index (κ1) is 22.3. The topological polar surface area (TPSA) is 66.5 Å². The molecule has 0 saturated carbocycles. The molecule has 0 aliphatic heterocycles. The fourth-order valence-corrected chi connectivity index (χ4v) is 5.27. The quantitative estimate of drug-likeness (QED) is 0.328. The second-order valence-corrected chi connectivity index (χ2v) is 10.3. The summed E-state index contributed by atoms with van der Waals surface area (Å²) in [7, 11) is -3.91. The fraction of sp³-hybridized carbons (Fsp3) is 0.0800. The molecule has 32 heavy (non-hydrogen) atoms. The molecule has 1 amide bonds. The highest BCUT2D eigenvalue weighted by Crippen LogP contribution is 2.24. The van der Waals surface area contributed by atoms with Crippen LogP contribution in [-0.4, -0.2) is 20.9 Å². The van der Waals surface area contributed by atoms with Crippen molar-refractivity contribution in [3.63, 3.8) is 0 Å². The Labute approximate surface area is 201 Å². The van der Waals surface area contributed by atoms with Crippen LogP contribution < -0.4 is 9.62 Å². The highest BCUT2D eigenvalue weighted by molar-refractivity contribution is 14.1. The summed E-state index contributed by atoms with van der Waals surface area (Å²) in [6, 6.07) is 29.1. The number of rotatable bonds is 7. The number of hydrogen-bond acceptors (Lipinski definition) is 3. The largest absolute Gasteiger partial charge is 0.350 e. The lowest BCUT2D eigenvalue weighted by Crippen LogP contribution is -2.40. The Morgan fingerprint density at radius 2 is 1.47 bits per heavy atom. The van der Waals surface area contributed by atoms with E-state index in [-0.39, 0.29) is 17.3 Å². The number of halogens is 1. The van der Waals surface area contributed by atoms with E-state index in [1.54, 1.807) is 30.3 Å². The van der Waals surface area contributed by atoms with Gasteiger partial charge in [-0.3, -0.25) is 9.10 Å². The monoisotopic (exact) mass is 556 g/mol. The molecule has 0 aliphatic rings. The molecule has 0 aliphatic carbocycles. The predicted octanol–water partition coefficient (Wildman–Crippen LogP) is 4.96. The highest BCUT2D eigenvalue weighted by atomic mass is 127. The Morgan fingerprint density at radius 1 is 0.812 bits per heavy atom. The van der Waals surface area contributed by atoms with Gasteiger partial charge in [-0.15, -0.1) is 0 Å². The number of hydrogen-bond donors (Lipinski definition) is 1. The van der Waals surface area contributed by atoms with Gasteiger partial charge < -0.3 is 5.32 Å². The minimum atomic E-state index is -3.91. The van der Waals surface area contributed by atoms with Crippen LogP contribution in [0, 0.1) is 3.57 Å². The first-order valence-corrected chi connectivity index (χ1v) is 12.5. The van der Waals surface area contributed by atoms with Gasteiger partial charge in [0.2, 0.25) is 5.91 Å². The van der Waals surface area contributed by atoms with Gasteiger partial charge in [-0.1, -0.05) is 60.7 Å². The molecule has 0 saturated heterocycles. The molecule has 5 nitrogen and oxygen atoms in total. The van der Waals surface area contributed by atoms with E-state index < -0.39 is 10.0 Å². The molecular formula is C25H21IN2O3S. The second-order valence-electron chi connectivity index (χ2n) is 7.22. The lowest BCUT2D eigenvalue weighted by Gasteiger charge is -2.24. The Bertz CT molecular complexity index is 1340. The van der Waals surface area contributed by atoms with Crippen molar-refractivity contribution < 1.29 is 13.2 Å². The third kappa shape index (κ3) is 4.94. The van der Waals surface area contributed by atoms with Gasteiger partial charge in [-0.05, 0) is 75.3 Å². The number of nitrogens with zero attached hydrogens (tertiary/aromatic N) is 1. The number of anilines is 1. The Hall–Kier alpha value is -2.91. The van der Waals surface area contributed by atoms with Gasteiger partial charge in [0.1, 0.15) is 6.54 Å². The highest BCUT2D eigenvalue weighted by Gasteiger charge is 2.27. The van der Waals surface area contributed by atoms with Gasteiger partial charge in [-0.25, -0.2) is 8.42 Å². The lowest BCUT2D eigenvalue weighted by atomic mass is 10.0. The summed E-state index contributed by atoms with van der Waals surface area (Å²) in [6.45, 7) is -0.00527. The Kier molecular flexibility index (Phi) is 6.76. The van der Waals surface area contributed by atoms with E-state index in [1.165, 1.54) is 12.1 Å². The number of benzene rings is 4. The second kappa shape index (κ2) is 9.70. The molecule has 162 valence electrons. The van der Waals surface area contributed by atoms with Crippen molar-refractivity contribution in [1.82, 2.24) is 5.32 Å². The first-order chi connectivity index (χ1) is 15.4. The minimum Gasteiger partial charge on any atom is -0.350 e. The van der Waals surface area contributed by atoms with Crippen LogP contribution in [0.25, 0.3) is 10.8 Å². The van der Waals surface area contributed by atoms with Crippen molar-refractivity contribution in [2.45, 2.75) is 11.4 Å². The lowest BCUT2D eigenvalue weighted by molar-refractivity contribution is -0.119. The summed E-state index contributed by atoms with van der Waals surface area (Å²) in [5.41, 5.74) is 1.41. The molecule has 0 bridgehead atoms. The summed E-state index contributed by atoms with van der Waals surface area (Å²) in [6.07, 6.45) is 0. The number of carbonyl (C=O) groups is 1. The van der Waals surface area contributed by atoms with Gasteiger partial charge in [0.05, 0.1) is 10.6 Å². The minimum absolute atomic E-state index is 0.139. The van der Waals surface area contributed by atoms with E-state index in [2.05, 4.69) is 27.9 Å². The normalized spacial score (nSPS) is 11.3. The van der Waals surface area contributed by atoms with Crippen LogP contribution >= 0.6 is 22.6 Å². The van der Waals surface area contributed by atoms with E-state index in [9.17, 15) is 13.2 Å². The first-order valence-electron chi connectivity index (χ1n) is 10.0. The van der Waals surface area contributed by atoms with Crippen molar-refractivity contribution in [2.75, 3.05) is 10.8 Å². The van der Waals surface area contributed by atoms with E-state index in [1.807, 2.05) is 54.6 Å². The van der Waals surface area contributed by atoms with Crippen molar-refractivity contribution in [3.8, 4) is 0 Å². The maximum Gasteiger partial charge on any atom is 0.264 e. The predicted molar refractivity (Wildman–Crippen MR) is 136 cm³/mol. The smallest absolute Gasteiger partial charge is 0.264 e. The molecule has 0 radical (unpaired) electrons. The molecule has 4 rings (SSSR count). The van der Waals surface area contributed by atoms with Crippen LogP contribution in [0.2, 0.25) is 0 Å². The van der Waals surface area contributed by atoms with Crippen LogP contribution in [0.3, 0.4) is 0 Å². The molecule has 0 fully saturated rings. The van der Waals surface area contributed by atoms with E-state index in [4.69, 9.17) is 0 Å². The van der Waals surface area contributed by atoms with Crippen LogP contribution in [0.5, 0.6) is 0 Å². The summed E-state index contributed by atoms with van der Waals surface area (Å²) in [5, 5.41) is 5.03. The van der Waals surface area contributed by atoms with Gasteiger partial charge in [0.25, 0.3) is 10.0 Å². The Morgan fingerprint density at radius 3 is 2.22 bits per heavy atom. The van der Waals surface area contributed by atoms with Crippen LogP contribution in [0.15, 0.2) is 102 Å². The van der Waals surface area contributed by atoms with Crippen LogP contribution in [-0.2, 0) is 21.4 Å². The van der Waals surface area contributed by atoms with Crippen molar-refractivity contribution >= 4 is 55.0 Å². The van der Waals surface area contributed by atoms with E-state index >= 15 is 0 Å². The van der Waals surface area contributed by atoms with Gasteiger partial charge in [0, 0.05) is 10.1 Å². The molecule has 0 atom stereocenters. The van der Waals surface area contributed by atoms with Gasteiger partial charge in [-0.2, -0.15) is 0 Å². The Balaban J connectivity index is 1.58. The molecule has 7 heteroatoms. The molecular weight excluding hydrogens is 535 g/mol. The molecule has 4 aromatic rings. The summed E-state index contributed by atoms with van der Waals surface area (Å²) < 4.78 is 28.8. The van der Waals surface area contributed by atoms with Crippen LogP contribution in [0.4, 0.5) is 5.69 Å². The number of nitrogens with one attached hydrogen (secondary N) is 1. The summed E-state index contributed by atoms with van der Waals surface area (Å²) in [5.74, 6) is -0.379. The molecule has 4 aromatic carbocycles. The third-order valence-corrected chi connectivity index (χ3v) is 7.60. The van der Waals surface area contributed by atoms with Crippen LogP contribution in [0.1, 0.15) is 5.56 Å². The van der Waals surface area contributed by atoms with E-state index in [0.29, 0.717) is 12.2 Å². The maximum absolute atomic E-state index is 13.3. The summed E-state index contributed by atoms with van der Waals surface area (Å²) >= 11 is 2.16. The average Bonchev–Trinajstić information content (AvgIpc) is 2.82. The molecule has 0 heterocycles. The zero-order chi connectivity index (χ0) is 22.6. The molecule has 1 N–H and O–H groups in total. The zero-order valence-corrected chi connectivity index (χ0v) is 20.1. The standard InChI is InChI=1S/C25H21IN2O3S/c26-21-13-15-22(16-14-21)28(32(30,31)23-10-2-1-3-11-23)18-25(29)27-17-20-9-6-8-19-7-4-5-12-24(19)20/h1-16H,17-18H2,(H,27,29). The summed E-state index contributed by atoms with van der Waals surface area (Å²) in [4.78, 5) is 13.0. The SMILES string of the molecule is O=C(CN(c1ccc(I)cc1)S(=O)(=O)c1ccccc1)NCc1cccc2ccccc12. The number of amides is 1. The van der Waals surface area contributed by atoms with Crippen molar-refractivity contribution in [2.24, 2.45) is 0 Å². The maximum atomic E-state index is 13.3. The average molecular weight is 556 g/mol. The molecule has 0 unspecified atom stereocenters. The van der Waals surface area contributed by atoms with Crippen molar-refractivity contribution in [3.05, 3.63) is 106 Å². The van der Waals surface area contributed by atoms with Gasteiger partial charge in [0.15, 0.2) is 0 Å². The van der Waals surface area contributed by atoms with Gasteiger partial charge >= 0.3 is 0 Å². The number of carbonyl (C=O) groups excluding carboxylic acids is 1. The molecule has 0 spiro atoms. The number of sulfonamides is 1. The number of fused-ring (bicyclic) bond motifs is 1. The zero-order valence-electron chi connectivity index (χ0n) is 17.1. The van der Waals surface area contributed by atoms with E-state index in [0.717, 1.165) is 24.2 Å². The third-order valence-electron chi connectivity index (χ3n) is 5.09. The fourth-order valence-electron chi connectivity index (χ4n) is 3.47. The molecule has 0 aromatic heterocycles. The van der Waals surface area contributed by atoms with Crippen molar-refractivity contribution in [1.29, 1.82) is 0 Å².